The van der Waals surface area contributed by atoms with Crippen LogP contribution >= 0.6 is 0 Å². The largest absolute Gasteiger partial charge is 0.375 e. The molecule has 1 amide bonds. The first-order valence-electron chi connectivity index (χ1n) is 5.90. The van der Waals surface area contributed by atoms with E-state index in [2.05, 4.69) is 15.7 Å². The number of aryl methyl sites for hydroxylation is 1. The van der Waals surface area contributed by atoms with E-state index in [1.807, 2.05) is 13.8 Å². The minimum atomic E-state index is -0.302. The van der Waals surface area contributed by atoms with Crippen molar-refractivity contribution in [2.45, 2.75) is 32.5 Å². The molecule has 2 atom stereocenters. The molecule has 1 aromatic rings. The molecule has 6 nitrogen and oxygen atoms in total. The summed E-state index contributed by atoms with van der Waals surface area (Å²) in [6, 6.07) is 1.49. The number of hydrogen-bond acceptors (Lipinski definition) is 4. The molecule has 0 aromatic carbocycles. The molecule has 94 valence electrons. The number of hydrogen-bond donors (Lipinski definition) is 2. The lowest BCUT2D eigenvalue weighted by Crippen LogP contribution is -2.53. The lowest BCUT2D eigenvalue weighted by molar-refractivity contribution is -0.123. The molecular formula is C11H18N4O2. The fourth-order valence-corrected chi connectivity index (χ4v) is 1.92. The van der Waals surface area contributed by atoms with Crippen molar-refractivity contribution >= 4 is 11.7 Å². The average molecular weight is 238 g/mol. The Kier molecular flexibility index (Phi) is 3.75. The second-order valence-corrected chi connectivity index (χ2v) is 4.03. The third-order valence-electron chi connectivity index (χ3n) is 2.87. The predicted molar refractivity (Wildman–Crippen MR) is 63.7 cm³/mol. The van der Waals surface area contributed by atoms with Crippen LogP contribution in [0.25, 0.3) is 0 Å². The van der Waals surface area contributed by atoms with Crippen LogP contribution in [-0.4, -0.2) is 41.0 Å². The Bertz CT molecular complexity index is 391. The molecule has 1 aromatic heterocycles. The lowest BCUT2D eigenvalue weighted by atomic mass is 10.1. The molecule has 0 aliphatic carbocycles. The van der Waals surface area contributed by atoms with Crippen LogP contribution in [0, 0.1) is 0 Å². The van der Waals surface area contributed by atoms with E-state index in [9.17, 15) is 4.79 Å². The van der Waals surface area contributed by atoms with Gasteiger partial charge in [-0.2, -0.15) is 5.10 Å². The van der Waals surface area contributed by atoms with Crippen molar-refractivity contribution in [2.24, 2.45) is 0 Å². The van der Waals surface area contributed by atoms with Crippen molar-refractivity contribution in [2.75, 3.05) is 18.5 Å². The first-order valence-corrected chi connectivity index (χ1v) is 5.90. The smallest absolute Gasteiger partial charge is 0.245 e. The van der Waals surface area contributed by atoms with Gasteiger partial charge < -0.3 is 15.4 Å². The number of nitrogens with one attached hydrogen (secondary N) is 2. The topological polar surface area (TPSA) is 68.2 Å². The van der Waals surface area contributed by atoms with E-state index < -0.39 is 0 Å². The first kappa shape index (κ1) is 12.1. The second-order valence-electron chi connectivity index (χ2n) is 4.03. The Morgan fingerprint density at radius 1 is 1.76 bits per heavy atom. The number of rotatable bonds is 3. The molecule has 2 N–H and O–H groups in total. The van der Waals surface area contributed by atoms with Gasteiger partial charge >= 0.3 is 0 Å². The highest BCUT2D eigenvalue weighted by Crippen LogP contribution is 2.10. The fraction of sp³-hybridized carbons (Fsp3) is 0.636. The van der Waals surface area contributed by atoms with Gasteiger partial charge in [0.25, 0.3) is 0 Å². The molecule has 2 heterocycles. The molecule has 2 rings (SSSR count). The van der Waals surface area contributed by atoms with Gasteiger partial charge in [0.1, 0.15) is 11.9 Å². The number of carbonyl (C=O) groups excluding carboxylic acids is 1. The Labute approximate surface area is 100 Å². The van der Waals surface area contributed by atoms with Crippen LogP contribution in [0.3, 0.4) is 0 Å². The maximum atomic E-state index is 12.0. The van der Waals surface area contributed by atoms with Gasteiger partial charge in [-0.25, -0.2) is 4.68 Å². The summed E-state index contributed by atoms with van der Waals surface area (Å²) in [6.07, 6.45) is 1.56. The number of morpholine rings is 1. The number of anilines is 1. The van der Waals surface area contributed by atoms with E-state index in [1.54, 1.807) is 16.9 Å². The molecule has 0 saturated carbocycles. The number of nitrogens with zero attached hydrogens (tertiary/aromatic N) is 2. The Morgan fingerprint density at radius 3 is 3.29 bits per heavy atom. The van der Waals surface area contributed by atoms with Gasteiger partial charge in [-0.05, 0) is 13.8 Å². The predicted octanol–water partition coefficient (Wildman–Crippen LogP) is 0.218. The highest BCUT2D eigenvalue weighted by Gasteiger charge is 2.28. The number of amides is 1. The standard InChI is InChI=1S/C11H18N4O2/c1-3-15-9(4-5-13-15)14-11(16)10-8(2)17-7-6-12-10/h4-5,8,10,12H,3,6-7H2,1-2H3,(H,14,16)/t8-,10+/m1/s1. The van der Waals surface area contributed by atoms with Crippen molar-refractivity contribution < 1.29 is 9.53 Å². The average Bonchev–Trinajstić information content (AvgIpc) is 2.76. The van der Waals surface area contributed by atoms with Crippen molar-refractivity contribution in [1.82, 2.24) is 15.1 Å². The minimum absolute atomic E-state index is 0.0765. The van der Waals surface area contributed by atoms with Crippen LogP contribution in [-0.2, 0) is 16.1 Å². The van der Waals surface area contributed by atoms with E-state index in [1.165, 1.54) is 0 Å². The number of carbonyl (C=O) groups is 1. The third-order valence-corrected chi connectivity index (χ3v) is 2.87. The fourth-order valence-electron chi connectivity index (χ4n) is 1.92. The van der Waals surface area contributed by atoms with Crippen LogP contribution in [0.1, 0.15) is 13.8 Å². The van der Waals surface area contributed by atoms with E-state index in [0.717, 1.165) is 12.4 Å². The molecule has 1 aliphatic rings. The van der Waals surface area contributed by atoms with Crippen LogP contribution in [0.5, 0.6) is 0 Å². The molecule has 17 heavy (non-hydrogen) atoms. The Hall–Kier alpha value is -1.40. The minimum Gasteiger partial charge on any atom is -0.375 e. The normalized spacial score (nSPS) is 24.6. The van der Waals surface area contributed by atoms with E-state index >= 15 is 0 Å². The maximum absolute atomic E-state index is 12.0. The van der Waals surface area contributed by atoms with Gasteiger partial charge in [-0.15, -0.1) is 0 Å². The van der Waals surface area contributed by atoms with Crippen molar-refractivity contribution in [1.29, 1.82) is 0 Å². The highest BCUT2D eigenvalue weighted by atomic mass is 16.5. The van der Waals surface area contributed by atoms with Gasteiger partial charge in [0.05, 0.1) is 18.9 Å². The molecule has 1 fully saturated rings. The summed E-state index contributed by atoms with van der Waals surface area (Å²) in [5, 5.41) is 10.1. The summed E-state index contributed by atoms with van der Waals surface area (Å²) in [5.74, 6) is 0.643. The molecule has 6 heteroatoms. The van der Waals surface area contributed by atoms with Gasteiger partial charge in [-0.3, -0.25) is 4.79 Å². The summed E-state index contributed by atoms with van der Waals surface area (Å²) in [5.41, 5.74) is 0. The molecule has 0 spiro atoms. The van der Waals surface area contributed by atoms with Crippen LogP contribution in [0.15, 0.2) is 12.3 Å². The summed E-state index contributed by atoms with van der Waals surface area (Å²) < 4.78 is 7.18. The highest BCUT2D eigenvalue weighted by molar-refractivity contribution is 5.94. The molecule has 1 saturated heterocycles. The van der Waals surface area contributed by atoms with Crippen molar-refractivity contribution in [3.63, 3.8) is 0 Å². The summed E-state index contributed by atoms with van der Waals surface area (Å²) in [4.78, 5) is 12.0. The second kappa shape index (κ2) is 5.29. The summed E-state index contributed by atoms with van der Waals surface area (Å²) in [6.45, 7) is 5.96. The van der Waals surface area contributed by atoms with Gasteiger partial charge in [0.2, 0.25) is 5.91 Å². The molecule has 0 bridgehead atoms. The SMILES string of the molecule is CCn1nccc1NC(=O)[C@H]1NCCO[C@@H]1C. The van der Waals surface area contributed by atoms with Crippen LogP contribution in [0.2, 0.25) is 0 Å². The van der Waals surface area contributed by atoms with Crippen molar-refractivity contribution in [3.8, 4) is 0 Å². The van der Waals surface area contributed by atoms with E-state index in [4.69, 9.17) is 4.74 Å². The summed E-state index contributed by atoms with van der Waals surface area (Å²) in [7, 11) is 0. The zero-order valence-electron chi connectivity index (χ0n) is 10.1. The van der Waals surface area contributed by atoms with Crippen LogP contribution in [0.4, 0.5) is 5.82 Å². The molecule has 0 radical (unpaired) electrons. The number of ether oxygens (including phenoxy) is 1. The molecule has 0 unspecified atom stereocenters. The summed E-state index contributed by atoms with van der Waals surface area (Å²) >= 11 is 0. The van der Waals surface area contributed by atoms with Crippen molar-refractivity contribution in [3.05, 3.63) is 12.3 Å². The zero-order valence-corrected chi connectivity index (χ0v) is 10.1. The number of aromatic nitrogens is 2. The Balaban J connectivity index is 2.01. The monoisotopic (exact) mass is 238 g/mol. The van der Waals surface area contributed by atoms with Gasteiger partial charge in [0.15, 0.2) is 0 Å². The molecular weight excluding hydrogens is 220 g/mol. The zero-order chi connectivity index (χ0) is 12.3. The lowest BCUT2D eigenvalue weighted by Gasteiger charge is -2.29. The van der Waals surface area contributed by atoms with E-state index in [-0.39, 0.29) is 18.1 Å². The van der Waals surface area contributed by atoms with Crippen LogP contribution < -0.4 is 10.6 Å². The first-order chi connectivity index (χ1) is 8.22. The quantitative estimate of drug-likeness (QED) is 0.790. The molecule has 1 aliphatic heterocycles. The maximum Gasteiger partial charge on any atom is 0.245 e. The van der Waals surface area contributed by atoms with Gasteiger partial charge in [0, 0.05) is 19.2 Å². The Morgan fingerprint density at radius 2 is 2.59 bits per heavy atom. The van der Waals surface area contributed by atoms with Gasteiger partial charge in [-0.1, -0.05) is 0 Å². The third kappa shape index (κ3) is 2.65. The van der Waals surface area contributed by atoms with E-state index in [0.29, 0.717) is 13.2 Å².